The minimum absolute atomic E-state index is 0.0731. The lowest BCUT2D eigenvalue weighted by molar-refractivity contribution is 0.101. The Kier molecular flexibility index (Phi) is 4.76. The maximum atomic E-state index is 12.7. The smallest absolute Gasteiger partial charge is 0.272 e. The molecule has 23 heavy (non-hydrogen) atoms. The Labute approximate surface area is 145 Å². The minimum Gasteiger partial charge on any atom is -0.370 e. The number of carbonyl (C=O) groups is 1. The third-order valence-electron chi connectivity index (χ3n) is 4.20. The fourth-order valence-corrected chi connectivity index (χ4v) is 3.49. The molecule has 0 aliphatic carbocycles. The highest BCUT2D eigenvalue weighted by Gasteiger charge is 2.19. The van der Waals surface area contributed by atoms with Gasteiger partial charge in [0.25, 0.3) is 5.91 Å². The van der Waals surface area contributed by atoms with Crippen LogP contribution in [0.4, 0.5) is 11.4 Å². The van der Waals surface area contributed by atoms with E-state index in [4.69, 9.17) is 0 Å². The van der Waals surface area contributed by atoms with E-state index in [-0.39, 0.29) is 11.9 Å². The number of para-hydroxylation sites is 2. The Balaban J connectivity index is 1.86. The molecule has 5 heteroatoms. The number of rotatable bonds is 4. The fraction of sp³-hybridized carbons (Fsp3) is 0.389. The van der Waals surface area contributed by atoms with Gasteiger partial charge in [0.1, 0.15) is 5.69 Å². The fourth-order valence-electron chi connectivity index (χ4n) is 3.05. The Morgan fingerprint density at radius 1 is 1.22 bits per heavy atom. The van der Waals surface area contributed by atoms with Gasteiger partial charge in [-0.15, -0.1) is 0 Å². The number of hydrogen-bond acceptors (Lipinski definition) is 2. The molecular weight excluding hydrogens is 354 g/mol. The van der Waals surface area contributed by atoms with Crippen LogP contribution in [0.1, 0.15) is 43.2 Å². The predicted molar refractivity (Wildman–Crippen MR) is 98.4 cm³/mol. The van der Waals surface area contributed by atoms with Crippen LogP contribution >= 0.6 is 15.9 Å². The Hall–Kier alpha value is -1.75. The number of anilines is 2. The number of halogens is 1. The van der Waals surface area contributed by atoms with E-state index in [2.05, 4.69) is 46.1 Å². The van der Waals surface area contributed by atoms with Crippen LogP contribution in [0.3, 0.4) is 0 Å². The summed E-state index contributed by atoms with van der Waals surface area (Å²) in [5, 5.41) is 3.09. The molecule has 2 heterocycles. The summed E-state index contributed by atoms with van der Waals surface area (Å²) in [5.41, 5.74) is 2.66. The van der Waals surface area contributed by atoms with E-state index in [1.807, 2.05) is 35.0 Å². The summed E-state index contributed by atoms with van der Waals surface area (Å²) in [4.78, 5) is 15.1. The van der Waals surface area contributed by atoms with Crippen LogP contribution in [0.2, 0.25) is 0 Å². The summed E-state index contributed by atoms with van der Waals surface area (Å²) in [6.45, 7) is 6.25. The molecule has 2 aromatic rings. The zero-order valence-electron chi connectivity index (χ0n) is 13.6. The van der Waals surface area contributed by atoms with E-state index in [1.165, 1.54) is 12.8 Å². The van der Waals surface area contributed by atoms with Crippen molar-refractivity contribution in [1.29, 1.82) is 0 Å². The molecule has 1 aliphatic heterocycles. The van der Waals surface area contributed by atoms with Gasteiger partial charge in [0.05, 0.1) is 11.4 Å². The Morgan fingerprint density at radius 2 is 1.91 bits per heavy atom. The van der Waals surface area contributed by atoms with Gasteiger partial charge in [0.2, 0.25) is 0 Å². The molecule has 0 bridgehead atoms. The quantitative estimate of drug-likeness (QED) is 0.841. The first kappa shape index (κ1) is 16.1. The van der Waals surface area contributed by atoms with E-state index in [9.17, 15) is 4.79 Å². The molecule has 1 aliphatic rings. The Morgan fingerprint density at radius 3 is 2.61 bits per heavy atom. The molecule has 4 nitrogen and oxygen atoms in total. The van der Waals surface area contributed by atoms with Crippen molar-refractivity contribution in [3.8, 4) is 0 Å². The number of nitrogens with zero attached hydrogens (tertiary/aromatic N) is 2. The molecule has 3 rings (SSSR count). The third kappa shape index (κ3) is 3.44. The first-order valence-corrected chi connectivity index (χ1v) is 8.88. The standard InChI is InChI=1S/C18H22BrN3O/c1-13(2)22-12-14(19)11-17(22)18(23)20-15-7-3-4-8-16(15)21-9-5-6-10-21/h3-4,7-8,11-13H,5-6,9-10H2,1-2H3,(H,20,23). The van der Waals surface area contributed by atoms with Crippen LogP contribution in [-0.2, 0) is 0 Å². The Bertz CT molecular complexity index is 702. The summed E-state index contributed by atoms with van der Waals surface area (Å²) in [7, 11) is 0. The maximum absolute atomic E-state index is 12.7. The summed E-state index contributed by atoms with van der Waals surface area (Å²) in [5.74, 6) is -0.0731. The van der Waals surface area contributed by atoms with Crippen LogP contribution < -0.4 is 10.2 Å². The monoisotopic (exact) mass is 375 g/mol. The molecule has 1 fully saturated rings. The van der Waals surface area contributed by atoms with Crippen LogP contribution in [0.5, 0.6) is 0 Å². The molecule has 122 valence electrons. The van der Waals surface area contributed by atoms with Gasteiger partial charge in [0, 0.05) is 29.8 Å². The molecule has 1 aromatic heterocycles. The molecule has 0 saturated carbocycles. The van der Waals surface area contributed by atoms with Gasteiger partial charge in [-0.25, -0.2) is 0 Å². The molecule has 0 spiro atoms. The highest BCUT2D eigenvalue weighted by atomic mass is 79.9. The average molecular weight is 376 g/mol. The predicted octanol–water partition coefficient (Wildman–Crippen LogP) is 4.68. The van der Waals surface area contributed by atoms with E-state index in [1.54, 1.807) is 0 Å². The lowest BCUT2D eigenvalue weighted by atomic mass is 10.2. The van der Waals surface area contributed by atoms with Crippen LogP contribution in [0.15, 0.2) is 41.0 Å². The van der Waals surface area contributed by atoms with E-state index in [0.717, 1.165) is 28.9 Å². The van der Waals surface area contributed by atoms with Crippen molar-refractivity contribution in [3.63, 3.8) is 0 Å². The number of hydrogen-bond donors (Lipinski definition) is 1. The van der Waals surface area contributed by atoms with Crippen molar-refractivity contribution in [2.24, 2.45) is 0 Å². The van der Waals surface area contributed by atoms with E-state index < -0.39 is 0 Å². The normalized spacial score (nSPS) is 14.5. The number of nitrogens with one attached hydrogen (secondary N) is 1. The summed E-state index contributed by atoms with van der Waals surface area (Å²) in [6.07, 6.45) is 4.38. The highest BCUT2D eigenvalue weighted by molar-refractivity contribution is 9.10. The zero-order chi connectivity index (χ0) is 16.4. The lowest BCUT2D eigenvalue weighted by Crippen LogP contribution is -2.22. The van der Waals surface area contributed by atoms with Crippen molar-refractivity contribution >= 4 is 33.2 Å². The molecular formula is C18H22BrN3O. The molecule has 1 saturated heterocycles. The number of carbonyl (C=O) groups excluding carboxylic acids is 1. The van der Waals surface area contributed by atoms with Crippen molar-refractivity contribution in [1.82, 2.24) is 4.57 Å². The van der Waals surface area contributed by atoms with Crippen molar-refractivity contribution < 1.29 is 4.79 Å². The van der Waals surface area contributed by atoms with Gasteiger partial charge in [-0.2, -0.15) is 0 Å². The maximum Gasteiger partial charge on any atom is 0.272 e. The van der Waals surface area contributed by atoms with Gasteiger partial charge >= 0.3 is 0 Å². The van der Waals surface area contributed by atoms with E-state index in [0.29, 0.717) is 5.69 Å². The molecule has 1 amide bonds. The second kappa shape index (κ2) is 6.79. The van der Waals surface area contributed by atoms with Gasteiger partial charge < -0.3 is 14.8 Å². The molecule has 0 unspecified atom stereocenters. The molecule has 0 radical (unpaired) electrons. The number of aromatic nitrogens is 1. The molecule has 0 atom stereocenters. The van der Waals surface area contributed by atoms with Crippen molar-refractivity contribution in [2.45, 2.75) is 32.7 Å². The summed E-state index contributed by atoms with van der Waals surface area (Å²) in [6, 6.07) is 10.1. The topological polar surface area (TPSA) is 37.3 Å². The largest absolute Gasteiger partial charge is 0.370 e. The zero-order valence-corrected chi connectivity index (χ0v) is 15.1. The van der Waals surface area contributed by atoms with Gasteiger partial charge in [-0.1, -0.05) is 12.1 Å². The van der Waals surface area contributed by atoms with Crippen LogP contribution in [0.25, 0.3) is 0 Å². The minimum atomic E-state index is -0.0731. The van der Waals surface area contributed by atoms with E-state index >= 15 is 0 Å². The lowest BCUT2D eigenvalue weighted by Gasteiger charge is -2.22. The summed E-state index contributed by atoms with van der Waals surface area (Å²) < 4.78 is 2.90. The molecule has 1 aromatic carbocycles. The van der Waals surface area contributed by atoms with Gasteiger partial charge in [-0.05, 0) is 60.8 Å². The second-order valence-electron chi connectivity index (χ2n) is 6.21. The first-order chi connectivity index (χ1) is 11.1. The third-order valence-corrected chi connectivity index (χ3v) is 4.64. The SMILES string of the molecule is CC(C)n1cc(Br)cc1C(=O)Nc1ccccc1N1CCCC1. The van der Waals surface area contributed by atoms with Crippen LogP contribution in [0, 0.1) is 0 Å². The summed E-state index contributed by atoms with van der Waals surface area (Å²) >= 11 is 3.46. The number of benzene rings is 1. The van der Waals surface area contributed by atoms with Gasteiger partial charge in [0.15, 0.2) is 0 Å². The van der Waals surface area contributed by atoms with Crippen molar-refractivity contribution in [2.75, 3.05) is 23.3 Å². The van der Waals surface area contributed by atoms with Crippen LogP contribution in [-0.4, -0.2) is 23.6 Å². The van der Waals surface area contributed by atoms with Gasteiger partial charge in [-0.3, -0.25) is 4.79 Å². The molecule has 1 N–H and O–H groups in total. The highest BCUT2D eigenvalue weighted by Crippen LogP contribution is 2.29. The second-order valence-corrected chi connectivity index (χ2v) is 7.13. The number of amides is 1. The van der Waals surface area contributed by atoms with Crippen molar-refractivity contribution in [3.05, 3.63) is 46.7 Å². The average Bonchev–Trinajstić information content (AvgIpc) is 3.17. The first-order valence-electron chi connectivity index (χ1n) is 8.09.